The molecule has 2 aromatic carbocycles. The molecule has 6 nitrogen and oxygen atoms in total. The molecule has 0 spiro atoms. The predicted octanol–water partition coefficient (Wildman–Crippen LogP) is 3.74. The first-order valence-corrected chi connectivity index (χ1v) is 9.96. The SMILES string of the molecule is CCl.O=C(O)c1ccc(CN(C(=O)N2CCNCC2)c2cccc(CF)c2)cc1. The van der Waals surface area contributed by atoms with Gasteiger partial charge in [-0.2, -0.15) is 0 Å². The van der Waals surface area contributed by atoms with Crippen LogP contribution >= 0.6 is 11.6 Å². The predicted molar refractivity (Wildman–Crippen MR) is 112 cm³/mol. The number of carbonyl (C=O) groups excluding carboxylic acids is 1. The molecule has 0 aliphatic carbocycles. The molecule has 156 valence electrons. The molecule has 0 saturated carbocycles. The number of nitrogens with zero attached hydrogens (tertiary/aromatic N) is 2. The summed E-state index contributed by atoms with van der Waals surface area (Å²) in [6.07, 6.45) is 1.47. The Hall–Kier alpha value is -2.64. The van der Waals surface area contributed by atoms with Crippen LogP contribution in [-0.4, -0.2) is 54.6 Å². The van der Waals surface area contributed by atoms with E-state index in [2.05, 4.69) is 16.9 Å². The van der Waals surface area contributed by atoms with E-state index in [1.165, 1.54) is 18.5 Å². The lowest BCUT2D eigenvalue weighted by Crippen LogP contribution is -2.51. The number of anilines is 1. The van der Waals surface area contributed by atoms with E-state index < -0.39 is 12.6 Å². The highest BCUT2D eigenvalue weighted by Crippen LogP contribution is 2.22. The lowest BCUT2D eigenvalue weighted by Gasteiger charge is -2.33. The fourth-order valence-corrected chi connectivity index (χ4v) is 3.04. The second kappa shape index (κ2) is 11.4. The van der Waals surface area contributed by atoms with Gasteiger partial charge in [0, 0.05) is 38.2 Å². The number of urea groups is 1. The van der Waals surface area contributed by atoms with Crippen LogP contribution < -0.4 is 10.2 Å². The van der Waals surface area contributed by atoms with Crippen molar-refractivity contribution in [2.45, 2.75) is 13.2 Å². The monoisotopic (exact) mass is 421 g/mol. The van der Waals surface area contributed by atoms with Crippen LogP contribution in [0.15, 0.2) is 48.5 Å². The number of rotatable bonds is 5. The van der Waals surface area contributed by atoms with E-state index in [1.807, 2.05) is 0 Å². The van der Waals surface area contributed by atoms with Gasteiger partial charge in [-0.15, -0.1) is 11.6 Å². The summed E-state index contributed by atoms with van der Waals surface area (Å²) >= 11 is 4.64. The maximum atomic E-state index is 13.1. The molecule has 0 radical (unpaired) electrons. The molecular formula is C21H25ClFN3O3. The number of alkyl halides is 2. The molecule has 2 amide bonds. The van der Waals surface area contributed by atoms with Crippen LogP contribution in [0.3, 0.4) is 0 Å². The van der Waals surface area contributed by atoms with E-state index in [0.717, 1.165) is 18.7 Å². The normalized spacial score (nSPS) is 13.3. The molecule has 0 aromatic heterocycles. The zero-order valence-electron chi connectivity index (χ0n) is 16.3. The number of aromatic carboxylic acids is 1. The molecule has 0 atom stereocenters. The van der Waals surface area contributed by atoms with Crippen LogP contribution in [0.5, 0.6) is 0 Å². The second-order valence-corrected chi connectivity index (χ2v) is 6.41. The van der Waals surface area contributed by atoms with Gasteiger partial charge in [-0.25, -0.2) is 14.0 Å². The van der Waals surface area contributed by atoms with Gasteiger partial charge in [0.1, 0.15) is 6.67 Å². The van der Waals surface area contributed by atoms with Crippen LogP contribution in [0.1, 0.15) is 21.5 Å². The lowest BCUT2D eigenvalue weighted by atomic mass is 10.1. The average molecular weight is 422 g/mol. The lowest BCUT2D eigenvalue weighted by molar-refractivity contribution is 0.0697. The zero-order chi connectivity index (χ0) is 21.2. The average Bonchev–Trinajstić information content (AvgIpc) is 2.79. The highest BCUT2D eigenvalue weighted by atomic mass is 35.5. The molecule has 8 heteroatoms. The van der Waals surface area contributed by atoms with Crippen molar-refractivity contribution < 1.29 is 19.1 Å². The zero-order valence-corrected chi connectivity index (χ0v) is 17.0. The third-order valence-electron chi connectivity index (χ3n) is 4.54. The number of nitrogens with one attached hydrogen (secondary N) is 1. The van der Waals surface area contributed by atoms with Crippen molar-refractivity contribution in [3.8, 4) is 0 Å². The third-order valence-corrected chi connectivity index (χ3v) is 4.54. The Kier molecular flexibility index (Phi) is 8.89. The fourth-order valence-electron chi connectivity index (χ4n) is 3.04. The fraction of sp³-hybridized carbons (Fsp3) is 0.333. The molecule has 2 aromatic rings. The largest absolute Gasteiger partial charge is 0.478 e. The van der Waals surface area contributed by atoms with Crippen molar-refractivity contribution in [1.29, 1.82) is 0 Å². The van der Waals surface area contributed by atoms with Gasteiger partial charge in [0.15, 0.2) is 0 Å². The molecule has 1 fully saturated rings. The summed E-state index contributed by atoms with van der Waals surface area (Å²) in [7, 11) is 0. The summed E-state index contributed by atoms with van der Waals surface area (Å²) in [4.78, 5) is 27.5. The van der Waals surface area contributed by atoms with Gasteiger partial charge < -0.3 is 15.3 Å². The topological polar surface area (TPSA) is 72.9 Å². The molecular weight excluding hydrogens is 397 g/mol. The van der Waals surface area contributed by atoms with Crippen molar-refractivity contribution in [3.63, 3.8) is 0 Å². The van der Waals surface area contributed by atoms with Crippen molar-refractivity contribution in [3.05, 3.63) is 65.2 Å². The van der Waals surface area contributed by atoms with Gasteiger partial charge in [-0.05, 0) is 35.4 Å². The molecule has 29 heavy (non-hydrogen) atoms. The minimum atomic E-state index is -0.994. The van der Waals surface area contributed by atoms with Crippen LogP contribution in [0.2, 0.25) is 0 Å². The maximum absolute atomic E-state index is 13.1. The molecule has 2 N–H and O–H groups in total. The summed E-state index contributed by atoms with van der Waals surface area (Å²) < 4.78 is 13.1. The van der Waals surface area contributed by atoms with E-state index >= 15 is 0 Å². The van der Waals surface area contributed by atoms with E-state index in [1.54, 1.807) is 46.2 Å². The quantitative estimate of drug-likeness (QED) is 0.721. The van der Waals surface area contributed by atoms with E-state index in [0.29, 0.717) is 24.3 Å². The van der Waals surface area contributed by atoms with Gasteiger partial charge >= 0.3 is 12.0 Å². The Morgan fingerprint density at radius 1 is 1.10 bits per heavy atom. The Morgan fingerprint density at radius 2 is 1.76 bits per heavy atom. The molecule has 1 aliphatic rings. The van der Waals surface area contributed by atoms with Crippen molar-refractivity contribution in [2.75, 3.05) is 37.5 Å². The van der Waals surface area contributed by atoms with Crippen molar-refractivity contribution >= 4 is 29.3 Å². The minimum Gasteiger partial charge on any atom is -0.478 e. The van der Waals surface area contributed by atoms with E-state index in [9.17, 15) is 14.0 Å². The molecule has 0 unspecified atom stereocenters. The van der Waals surface area contributed by atoms with E-state index in [-0.39, 0.29) is 18.1 Å². The number of piperazine rings is 1. The molecule has 1 heterocycles. The smallest absolute Gasteiger partial charge is 0.335 e. The van der Waals surface area contributed by atoms with E-state index in [4.69, 9.17) is 5.11 Å². The summed E-state index contributed by atoms with van der Waals surface area (Å²) in [5.41, 5.74) is 2.12. The van der Waals surface area contributed by atoms with Gasteiger partial charge in [0.25, 0.3) is 0 Å². The highest BCUT2D eigenvalue weighted by Gasteiger charge is 2.24. The van der Waals surface area contributed by atoms with Crippen LogP contribution in [0.25, 0.3) is 0 Å². The number of halogens is 2. The summed E-state index contributed by atoms with van der Waals surface area (Å²) in [6.45, 7) is 2.36. The minimum absolute atomic E-state index is 0.144. The third kappa shape index (κ3) is 6.17. The number of carbonyl (C=O) groups is 2. The Balaban J connectivity index is 0.00000145. The van der Waals surface area contributed by atoms with Gasteiger partial charge in [0.2, 0.25) is 0 Å². The molecule has 3 rings (SSSR count). The van der Waals surface area contributed by atoms with Crippen LogP contribution in [0.4, 0.5) is 14.9 Å². The Bertz CT molecular complexity index is 811. The summed E-state index contributed by atoms with van der Waals surface area (Å²) in [6, 6.07) is 13.1. The Morgan fingerprint density at radius 3 is 2.34 bits per heavy atom. The van der Waals surface area contributed by atoms with Crippen LogP contribution in [-0.2, 0) is 13.2 Å². The van der Waals surface area contributed by atoms with Gasteiger partial charge in [0.05, 0.1) is 12.1 Å². The first kappa shape index (κ1) is 22.6. The van der Waals surface area contributed by atoms with Crippen molar-refractivity contribution in [2.24, 2.45) is 0 Å². The highest BCUT2D eigenvalue weighted by molar-refractivity contribution is 6.15. The van der Waals surface area contributed by atoms with Gasteiger partial charge in [-0.3, -0.25) is 4.90 Å². The maximum Gasteiger partial charge on any atom is 0.335 e. The number of carboxylic acids is 1. The molecule has 1 saturated heterocycles. The van der Waals surface area contributed by atoms with Crippen molar-refractivity contribution in [1.82, 2.24) is 10.2 Å². The number of hydrogen-bond donors (Lipinski definition) is 2. The first-order valence-electron chi connectivity index (χ1n) is 9.20. The number of hydrogen-bond acceptors (Lipinski definition) is 3. The molecule has 0 bridgehead atoms. The summed E-state index contributed by atoms with van der Waals surface area (Å²) in [5.74, 6) is -0.994. The molecule has 1 aliphatic heterocycles. The number of amides is 2. The Labute approximate surface area is 174 Å². The number of carboxylic acid groups (broad SMARTS) is 1. The number of benzene rings is 2. The summed E-state index contributed by atoms with van der Waals surface area (Å²) in [5, 5.41) is 12.3. The second-order valence-electron chi connectivity index (χ2n) is 6.41. The van der Waals surface area contributed by atoms with Crippen LogP contribution in [0, 0.1) is 0 Å². The standard InChI is InChI=1S/C20H22FN3O3.CH3Cl/c21-13-16-2-1-3-18(12-16)24(20(27)23-10-8-22-9-11-23)14-15-4-6-17(7-5-15)19(25)26;1-2/h1-7,12,22H,8-11,13-14H2,(H,25,26);1H3. The van der Waals surface area contributed by atoms with Gasteiger partial charge in [-0.1, -0.05) is 24.3 Å². The first-order chi connectivity index (χ1) is 14.1.